The number of amides is 2. The minimum absolute atomic E-state index is 0.0270. The van der Waals surface area contributed by atoms with Crippen molar-refractivity contribution >= 4 is 11.8 Å². The van der Waals surface area contributed by atoms with E-state index in [1.165, 1.54) is 11.1 Å². The number of rotatable bonds is 3. The summed E-state index contributed by atoms with van der Waals surface area (Å²) in [6, 6.07) is 8.15. The number of nitrogens with zero attached hydrogens (tertiary/aromatic N) is 2. The van der Waals surface area contributed by atoms with Gasteiger partial charge in [0.05, 0.1) is 0 Å². The molecule has 1 saturated heterocycles. The molecule has 23 heavy (non-hydrogen) atoms. The third-order valence-electron chi connectivity index (χ3n) is 4.65. The molecule has 0 saturated carbocycles. The normalized spacial score (nSPS) is 19.2. The van der Waals surface area contributed by atoms with Crippen LogP contribution in [0, 0.1) is 0 Å². The summed E-state index contributed by atoms with van der Waals surface area (Å²) in [5.41, 5.74) is 2.61. The monoisotopic (exact) mass is 316 g/mol. The van der Waals surface area contributed by atoms with Crippen LogP contribution in [0.2, 0.25) is 0 Å². The quantitative estimate of drug-likeness (QED) is 0.860. The molecule has 0 radical (unpaired) electrons. The van der Waals surface area contributed by atoms with E-state index in [2.05, 4.69) is 45.0 Å². The summed E-state index contributed by atoms with van der Waals surface area (Å²) < 4.78 is 0. The Kier molecular flexibility index (Phi) is 5.12. The van der Waals surface area contributed by atoms with Gasteiger partial charge in [0.2, 0.25) is 11.8 Å². The van der Waals surface area contributed by atoms with Gasteiger partial charge in [-0.3, -0.25) is 9.59 Å². The standard InChI is InChI=1S/C19H28N2O2/c1-14-18(23)20(5)12-13-21(14)17(22)11-8-15-6-9-16(10-7-15)19(2,3)4/h6-7,9-10,14H,8,11-13H2,1-5H3. The van der Waals surface area contributed by atoms with E-state index in [4.69, 9.17) is 0 Å². The molecule has 0 bridgehead atoms. The van der Waals surface area contributed by atoms with Gasteiger partial charge in [0.1, 0.15) is 6.04 Å². The molecule has 1 aliphatic rings. The van der Waals surface area contributed by atoms with Crippen LogP contribution in [0.1, 0.15) is 45.2 Å². The molecule has 1 atom stereocenters. The molecule has 0 N–H and O–H groups in total. The number of benzene rings is 1. The van der Waals surface area contributed by atoms with E-state index in [0.29, 0.717) is 19.5 Å². The first-order valence-electron chi connectivity index (χ1n) is 8.34. The molecule has 1 unspecified atom stereocenters. The van der Waals surface area contributed by atoms with E-state index in [-0.39, 0.29) is 23.3 Å². The Morgan fingerprint density at radius 3 is 2.35 bits per heavy atom. The Morgan fingerprint density at radius 1 is 1.17 bits per heavy atom. The van der Waals surface area contributed by atoms with Crippen LogP contribution in [0.25, 0.3) is 0 Å². The average Bonchev–Trinajstić information content (AvgIpc) is 2.50. The van der Waals surface area contributed by atoms with Gasteiger partial charge in [0, 0.05) is 26.6 Å². The Balaban J connectivity index is 1.93. The van der Waals surface area contributed by atoms with E-state index < -0.39 is 0 Å². The molecule has 4 heteroatoms. The summed E-state index contributed by atoms with van der Waals surface area (Å²) >= 11 is 0. The van der Waals surface area contributed by atoms with Gasteiger partial charge in [-0.25, -0.2) is 0 Å². The van der Waals surface area contributed by atoms with Gasteiger partial charge in [0.15, 0.2) is 0 Å². The van der Waals surface area contributed by atoms with Crippen molar-refractivity contribution < 1.29 is 9.59 Å². The average molecular weight is 316 g/mol. The van der Waals surface area contributed by atoms with Crippen LogP contribution in [0.4, 0.5) is 0 Å². The first-order chi connectivity index (χ1) is 10.7. The van der Waals surface area contributed by atoms with Crippen molar-refractivity contribution in [1.82, 2.24) is 9.80 Å². The Morgan fingerprint density at radius 2 is 1.78 bits per heavy atom. The zero-order valence-electron chi connectivity index (χ0n) is 14.9. The molecule has 1 aromatic rings. The lowest BCUT2D eigenvalue weighted by Gasteiger charge is -2.37. The number of likely N-dealkylation sites (N-methyl/N-ethyl adjacent to an activating group) is 1. The summed E-state index contributed by atoms with van der Waals surface area (Å²) in [6.07, 6.45) is 1.17. The van der Waals surface area contributed by atoms with Crippen LogP contribution in [0.3, 0.4) is 0 Å². The van der Waals surface area contributed by atoms with Gasteiger partial charge < -0.3 is 9.80 Å². The molecule has 0 aromatic heterocycles. The smallest absolute Gasteiger partial charge is 0.244 e. The van der Waals surface area contributed by atoms with Crippen molar-refractivity contribution in [2.45, 2.75) is 52.0 Å². The number of piperazine rings is 1. The minimum Gasteiger partial charge on any atom is -0.342 e. The van der Waals surface area contributed by atoms with Crippen LogP contribution in [0.15, 0.2) is 24.3 Å². The van der Waals surface area contributed by atoms with E-state index in [1.54, 1.807) is 16.8 Å². The Bertz CT molecular complexity index is 572. The molecule has 0 aliphatic carbocycles. The molecule has 126 valence electrons. The largest absolute Gasteiger partial charge is 0.342 e. The second kappa shape index (κ2) is 6.73. The molecule has 2 amide bonds. The van der Waals surface area contributed by atoms with Crippen molar-refractivity contribution in [3.63, 3.8) is 0 Å². The lowest BCUT2D eigenvalue weighted by Crippen LogP contribution is -2.56. The Hall–Kier alpha value is -1.84. The summed E-state index contributed by atoms with van der Waals surface area (Å²) in [5.74, 6) is 0.0954. The highest BCUT2D eigenvalue weighted by atomic mass is 16.2. The van der Waals surface area contributed by atoms with Crippen LogP contribution >= 0.6 is 0 Å². The van der Waals surface area contributed by atoms with Crippen molar-refractivity contribution in [2.24, 2.45) is 0 Å². The third-order valence-corrected chi connectivity index (χ3v) is 4.65. The summed E-state index contributed by atoms with van der Waals surface area (Å²) in [7, 11) is 1.79. The molecule has 0 spiro atoms. The second-order valence-corrected chi connectivity index (χ2v) is 7.47. The van der Waals surface area contributed by atoms with Crippen molar-refractivity contribution in [2.75, 3.05) is 20.1 Å². The summed E-state index contributed by atoms with van der Waals surface area (Å²) in [4.78, 5) is 27.8. The molecule has 1 aliphatic heterocycles. The van der Waals surface area contributed by atoms with Gasteiger partial charge in [-0.1, -0.05) is 45.0 Å². The predicted molar refractivity (Wildman–Crippen MR) is 92.3 cm³/mol. The van der Waals surface area contributed by atoms with Crippen LogP contribution in [-0.2, 0) is 21.4 Å². The molecular weight excluding hydrogens is 288 g/mol. The van der Waals surface area contributed by atoms with Gasteiger partial charge in [0.25, 0.3) is 0 Å². The Labute approximate surface area is 139 Å². The van der Waals surface area contributed by atoms with Gasteiger partial charge in [-0.2, -0.15) is 0 Å². The number of hydrogen-bond donors (Lipinski definition) is 0. The maximum absolute atomic E-state index is 12.4. The highest BCUT2D eigenvalue weighted by Crippen LogP contribution is 2.22. The summed E-state index contributed by atoms with van der Waals surface area (Å²) in [5, 5.41) is 0. The maximum Gasteiger partial charge on any atom is 0.244 e. The first-order valence-corrected chi connectivity index (χ1v) is 8.34. The fourth-order valence-corrected chi connectivity index (χ4v) is 2.92. The molecule has 1 fully saturated rings. The van der Waals surface area contributed by atoms with E-state index in [1.807, 2.05) is 6.92 Å². The number of carbonyl (C=O) groups is 2. The molecule has 1 aromatic carbocycles. The lowest BCUT2D eigenvalue weighted by molar-refractivity contribution is -0.149. The van der Waals surface area contributed by atoms with Gasteiger partial charge in [-0.15, -0.1) is 0 Å². The minimum atomic E-state index is -0.343. The number of aryl methyl sites for hydroxylation is 1. The molecule has 1 heterocycles. The second-order valence-electron chi connectivity index (χ2n) is 7.47. The highest BCUT2D eigenvalue weighted by Gasteiger charge is 2.31. The molecular formula is C19H28N2O2. The molecule has 2 rings (SSSR count). The molecule has 4 nitrogen and oxygen atoms in total. The van der Waals surface area contributed by atoms with E-state index in [9.17, 15) is 9.59 Å². The van der Waals surface area contributed by atoms with Crippen molar-refractivity contribution in [3.8, 4) is 0 Å². The summed E-state index contributed by atoms with van der Waals surface area (Å²) in [6.45, 7) is 9.64. The van der Waals surface area contributed by atoms with Gasteiger partial charge in [-0.05, 0) is 29.9 Å². The van der Waals surface area contributed by atoms with E-state index in [0.717, 1.165) is 6.42 Å². The third kappa shape index (κ3) is 4.12. The predicted octanol–water partition coefficient (Wildman–Crippen LogP) is 2.61. The van der Waals surface area contributed by atoms with Crippen molar-refractivity contribution in [1.29, 1.82) is 0 Å². The number of hydrogen-bond acceptors (Lipinski definition) is 2. The van der Waals surface area contributed by atoms with Gasteiger partial charge >= 0.3 is 0 Å². The highest BCUT2D eigenvalue weighted by molar-refractivity contribution is 5.88. The van der Waals surface area contributed by atoms with Crippen LogP contribution in [0.5, 0.6) is 0 Å². The SMILES string of the molecule is CC1C(=O)N(C)CCN1C(=O)CCc1ccc(C(C)(C)C)cc1. The van der Waals surface area contributed by atoms with Crippen molar-refractivity contribution in [3.05, 3.63) is 35.4 Å². The fourth-order valence-electron chi connectivity index (χ4n) is 2.92. The fraction of sp³-hybridized carbons (Fsp3) is 0.579. The zero-order valence-corrected chi connectivity index (χ0v) is 14.9. The maximum atomic E-state index is 12.4. The van der Waals surface area contributed by atoms with Crippen LogP contribution in [-0.4, -0.2) is 47.8 Å². The first kappa shape index (κ1) is 17.5. The van der Waals surface area contributed by atoms with E-state index >= 15 is 0 Å². The topological polar surface area (TPSA) is 40.6 Å². The number of carbonyl (C=O) groups excluding carboxylic acids is 2. The van der Waals surface area contributed by atoms with Crippen LogP contribution < -0.4 is 0 Å². The lowest BCUT2D eigenvalue weighted by atomic mass is 9.86. The zero-order chi connectivity index (χ0) is 17.2.